The summed E-state index contributed by atoms with van der Waals surface area (Å²) in [5, 5.41) is 0. The van der Waals surface area contributed by atoms with E-state index in [0.29, 0.717) is 18.4 Å². The Morgan fingerprint density at radius 1 is 1.26 bits per heavy atom. The summed E-state index contributed by atoms with van der Waals surface area (Å²) in [5.74, 6) is 1.48. The standard InChI is InChI=1S/C17H24O2/c1-12(17(2,3)4)11-16(18)13-5-7-14(8-6-13)19-15-9-10-15/h5-8,12,15H,9-11H2,1-4H3. The van der Waals surface area contributed by atoms with Crippen molar-refractivity contribution in [1.29, 1.82) is 0 Å². The quantitative estimate of drug-likeness (QED) is 0.729. The topological polar surface area (TPSA) is 26.3 Å². The molecule has 19 heavy (non-hydrogen) atoms. The van der Waals surface area contributed by atoms with Crippen LogP contribution in [-0.2, 0) is 0 Å². The molecule has 1 fully saturated rings. The van der Waals surface area contributed by atoms with Gasteiger partial charge in [0.2, 0.25) is 0 Å². The van der Waals surface area contributed by atoms with Crippen molar-refractivity contribution < 1.29 is 9.53 Å². The zero-order chi connectivity index (χ0) is 14.0. The Morgan fingerprint density at radius 3 is 2.32 bits per heavy atom. The van der Waals surface area contributed by atoms with Crippen LogP contribution in [0.3, 0.4) is 0 Å². The number of carbonyl (C=O) groups is 1. The number of ketones is 1. The Labute approximate surface area is 116 Å². The van der Waals surface area contributed by atoms with Crippen LogP contribution in [0.15, 0.2) is 24.3 Å². The highest BCUT2D eigenvalue weighted by atomic mass is 16.5. The molecule has 0 spiro atoms. The van der Waals surface area contributed by atoms with Gasteiger partial charge in [-0.15, -0.1) is 0 Å². The summed E-state index contributed by atoms with van der Waals surface area (Å²) in [6.07, 6.45) is 3.32. The third kappa shape index (κ3) is 4.09. The van der Waals surface area contributed by atoms with E-state index in [1.165, 1.54) is 0 Å². The Hall–Kier alpha value is -1.31. The van der Waals surface area contributed by atoms with Crippen LogP contribution in [0.25, 0.3) is 0 Å². The minimum Gasteiger partial charge on any atom is -0.490 e. The molecule has 1 unspecified atom stereocenters. The lowest BCUT2D eigenvalue weighted by Gasteiger charge is -2.26. The Morgan fingerprint density at radius 2 is 1.84 bits per heavy atom. The number of ether oxygens (including phenoxy) is 1. The maximum absolute atomic E-state index is 12.2. The van der Waals surface area contributed by atoms with Crippen molar-refractivity contribution in [3.8, 4) is 5.75 Å². The van der Waals surface area contributed by atoms with Crippen molar-refractivity contribution in [1.82, 2.24) is 0 Å². The van der Waals surface area contributed by atoms with Gasteiger partial charge in [-0.3, -0.25) is 4.79 Å². The second-order valence-corrected chi connectivity index (χ2v) is 6.74. The Bertz CT molecular complexity index is 435. The average molecular weight is 260 g/mol. The predicted octanol–water partition coefficient (Wildman–Crippen LogP) is 4.48. The molecule has 1 aromatic carbocycles. The lowest BCUT2D eigenvalue weighted by Crippen LogP contribution is -2.20. The van der Waals surface area contributed by atoms with E-state index >= 15 is 0 Å². The summed E-state index contributed by atoms with van der Waals surface area (Å²) in [6, 6.07) is 7.59. The van der Waals surface area contributed by atoms with Crippen LogP contribution < -0.4 is 4.74 Å². The molecule has 0 bridgehead atoms. The summed E-state index contributed by atoms with van der Waals surface area (Å²) in [4.78, 5) is 12.2. The fraction of sp³-hybridized carbons (Fsp3) is 0.588. The van der Waals surface area contributed by atoms with Gasteiger partial charge in [0.1, 0.15) is 5.75 Å². The SMILES string of the molecule is CC(CC(=O)c1ccc(OC2CC2)cc1)C(C)(C)C. The first-order chi connectivity index (χ1) is 8.86. The van der Waals surface area contributed by atoms with Gasteiger partial charge in [0.05, 0.1) is 6.10 Å². The van der Waals surface area contributed by atoms with E-state index in [9.17, 15) is 4.79 Å². The first-order valence-electron chi connectivity index (χ1n) is 7.16. The highest BCUT2D eigenvalue weighted by Crippen LogP contribution is 2.30. The third-order valence-electron chi connectivity index (χ3n) is 3.97. The van der Waals surface area contributed by atoms with Crippen molar-refractivity contribution in [3.63, 3.8) is 0 Å². The molecular formula is C17H24O2. The largest absolute Gasteiger partial charge is 0.490 e. The number of Topliss-reactive ketones (excluding diaryl/α,β-unsaturated/α-hetero) is 1. The maximum Gasteiger partial charge on any atom is 0.163 e. The van der Waals surface area contributed by atoms with Crippen LogP contribution >= 0.6 is 0 Å². The van der Waals surface area contributed by atoms with Crippen LogP contribution in [0.1, 0.15) is 57.3 Å². The maximum atomic E-state index is 12.2. The second-order valence-electron chi connectivity index (χ2n) is 6.74. The molecule has 104 valence electrons. The lowest BCUT2D eigenvalue weighted by molar-refractivity contribution is 0.0927. The highest BCUT2D eigenvalue weighted by Gasteiger charge is 2.24. The normalized spacial score (nSPS) is 17.1. The molecule has 0 heterocycles. The van der Waals surface area contributed by atoms with Crippen LogP contribution in [0.4, 0.5) is 0 Å². The van der Waals surface area contributed by atoms with Gasteiger partial charge >= 0.3 is 0 Å². The summed E-state index contributed by atoms with van der Waals surface area (Å²) >= 11 is 0. The molecule has 1 atom stereocenters. The molecule has 1 aromatic rings. The smallest absolute Gasteiger partial charge is 0.163 e. The van der Waals surface area contributed by atoms with Crippen LogP contribution in [-0.4, -0.2) is 11.9 Å². The number of carbonyl (C=O) groups excluding carboxylic acids is 1. The minimum absolute atomic E-state index is 0.171. The molecule has 1 saturated carbocycles. The van der Waals surface area contributed by atoms with Gasteiger partial charge in [0, 0.05) is 12.0 Å². The molecule has 2 heteroatoms. The third-order valence-corrected chi connectivity index (χ3v) is 3.97. The first-order valence-corrected chi connectivity index (χ1v) is 7.16. The monoisotopic (exact) mass is 260 g/mol. The molecule has 0 amide bonds. The second kappa shape index (κ2) is 5.36. The van der Waals surface area contributed by atoms with Gasteiger partial charge in [-0.2, -0.15) is 0 Å². The van der Waals surface area contributed by atoms with Crippen molar-refractivity contribution in [3.05, 3.63) is 29.8 Å². The lowest BCUT2D eigenvalue weighted by atomic mass is 9.78. The summed E-state index contributed by atoms with van der Waals surface area (Å²) < 4.78 is 5.68. The summed E-state index contributed by atoms with van der Waals surface area (Å²) in [7, 11) is 0. The fourth-order valence-electron chi connectivity index (χ4n) is 1.80. The van der Waals surface area contributed by atoms with Gasteiger partial charge in [-0.05, 0) is 48.4 Å². The van der Waals surface area contributed by atoms with E-state index in [4.69, 9.17) is 4.74 Å². The van der Waals surface area contributed by atoms with Gasteiger partial charge in [-0.25, -0.2) is 0 Å². The molecule has 1 aliphatic carbocycles. The molecule has 0 N–H and O–H groups in total. The highest BCUT2D eigenvalue weighted by molar-refractivity contribution is 5.96. The molecule has 2 rings (SSSR count). The van der Waals surface area contributed by atoms with Crippen molar-refractivity contribution in [2.75, 3.05) is 0 Å². The van der Waals surface area contributed by atoms with Gasteiger partial charge in [-0.1, -0.05) is 27.7 Å². The van der Waals surface area contributed by atoms with Crippen LogP contribution in [0, 0.1) is 11.3 Å². The van der Waals surface area contributed by atoms with E-state index < -0.39 is 0 Å². The molecule has 0 aliphatic heterocycles. The molecule has 0 aromatic heterocycles. The van der Waals surface area contributed by atoms with E-state index in [2.05, 4.69) is 27.7 Å². The van der Waals surface area contributed by atoms with Crippen molar-refractivity contribution >= 4 is 5.78 Å². The van der Waals surface area contributed by atoms with Gasteiger partial charge < -0.3 is 4.74 Å². The van der Waals surface area contributed by atoms with Gasteiger partial charge in [0.15, 0.2) is 5.78 Å². The molecule has 0 saturated heterocycles. The van der Waals surface area contributed by atoms with E-state index in [1.807, 2.05) is 24.3 Å². The van der Waals surface area contributed by atoms with Crippen molar-refractivity contribution in [2.24, 2.45) is 11.3 Å². The van der Waals surface area contributed by atoms with Crippen LogP contribution in [0.5, 0.6) is 5.75 Å². The van der Waals surface area contributed by atoms with E-state index in [0.717, 1.165) is 24.2 Å². The fourth-order valence-corrected chi connectivity index (χ4v) is 1.80. The number of rotatable bonds is 5. The van der Waals surface area contributed by atoms with Gasteiger partial charge in [0.25, 0.3) is 0 Å². The predicted molar refractivity (Wildman–Crippen MR) is 77.7 cm³/mol. The summed E-state index contributed by atoms with van der Waals surface area (Å²) in [5.41, 5.74) is 0.962. The van der Waals surface area contributed by atoms with Crippen molar-refractivity contribution in [2.45, 2.75) is 53.1 Å². The minimum atomic E-state index is 0.171. The number of hydrogen-bond donors (Lipinski definition) is 0. The van der Waals surface area contributed by atoms with Crippen LogP contribution in [0.2, 0.25) is 0 Å². The molecular weight excluding hydrogens is 236 g/mol. The van der Waals surface area contributed by atoms with E-state index in [-0.39, 0.29) is 11.2 Å². The molecule has 2 nitrogen and oxygen atoms in total. The Kier molecular flexibility index (Phi) is 3.98. The zero-order valence-electron chi connectivity index (χ0n) is 12.4. The van der Waals surface area contributed by atoms with E-state index in [1.54, 1.807) is 0 Å². The zero-order valence-corrected chi connectivity index (χ0v) is 12.4. The average Bonchev–Trinajstić information content (AvgIpc) is 3.12. The molecule has 1 aliphatic rings. The Balaban J connectivity index is 1.95. The molecule has 0 radical (unpaired) electrons. The first kappa shape index (κ1) is 14.1. The summed E-state index contributed by atoms with van der Waals surface area (Å²) in [6.45, 7) is 8.68. The number of hydrogen-bond acceptors (Lipinski definition) is 2. The number of benzene rings is 1.